The highest BCUT2D eigenvalue weighted by Crippen LogP contribution is 2.51. The summed E-state index contributed by atoms with van der Waals surface area (Å²) in [5.41, 5.74) is 7.41. The fraction of sp³-hybridized carbons (Fsp3) is 0.280. The van der Waals surface area contributed by atoms with Crippen LogP contribution in [-0.2, 0) is 6.42 Å². The summed E-state index contributed by atoms with van der Waals surface area (Å²) in [6, 6.07) is 23.1. The van der Waals surface area contributed by atoms with Crippen LogP contribution in [0.25, 0.3) is 43.1 Å². The largest absolute Gasteiger partial charge is 0.396 e. The number of nitrogens with zero attached hydrogens (tertiary/aromatic N) is 2. The zero-order valence-corrected chi connectivity index (χ0v) is 35.6. The first kappa shape index (κ1) is 38.1. The van der Waals surface area contributed by atoms with E-state index < -0.39 is 5.91 Å². The van der Waals surface area contributed by atoms with E-state index in [0.717, 1.165) is 60.1 Å². The third kappa shape index (κ3) is 5.13. The third-order valence-corrected chi connectivity index (χ3v) is 13.0. The van der Waals surface area contributed by atoms with Crippen molar-refractivity contribution in [3.8, 4) is 0 Å². The molecule has 0 atom stereocenters. The monoisotopic (exact) mass is 832 g/mol. The Kier molecular flexibility index (Phi) is 8.91. The first-order chi connectivity index (χ1) is 27.7. The van der Waals surface area contributed by atoms with Gasteiger partial charge in [0.1, 0.15) is 0 Å². The van der Waals surface area contributed by atoms with Crippen LogP contribution in [0.5, 0.6) is 0 Å². The molecule has 8 heteroatoms. The number of amides is 4. The molecule has 0 aromatic heterocycles. The molecule has 4 amide bonds. The number of hydrogen-bond acceptors (Lipinski definition) is 5. The first-order valence-corrected chi connectivity index (χ1v) is 21.0. The molecule has 292 valence electrons. The summed E-state index contributed by atoms with van der Waals surface area (Å²) in [5, 5.41) is 16.3. The lowest BCUT2D eigenvalue weighted by atomic mass is 9.79. The van der Waals surface area contributed by atoms with Crippen molar-refractivity contribution in [1.82, 2.24) is 0 Å². The summed E-state index contributed by atoms with van der Waals surface area (Å²) in [6.45, 7) is 16.4. The van der Waals surface area contributed by atoms with E-state index in [-0.39, 0.29) is 54.4 Å². The fourth-order valence-electron chi connectivity index (χ4n) is 9.77. The van der Waals surface area contributed by atoms with Crippen molar-refractivity contribution in [3.05, 3.63) is 127 Å². The van der Waals surface area contributed by atoms with E-state index in [1.54, 1.807) is 0 Å². The number of fused-ring (bicyclic) bond motifs is 2. The number of carbonyl (C=O) groups is 4. The zero-order chi connectivity index (χ0) is 41.2. The van der Waals surface area contributed by atoms with Gasteiger partial charge in [-0.05, 0) is 104 Å². The number of rotatable bonds is 8. The van der Waals surface area contributed by atoms with Crippen LogP contribution in [-0.4, -0.2) is 35.3 Å². The summed E-state index contributed by atoms with van der Waals surface area (Å²) in [7, 11) is 0. The lowest BCUT2D eigenvalue weighted by Crippen LogP contribution is -2.42. The second-order valence-electron chi connectivity index (χ2n) is 17.1. The minimum absolute atomic E-state index is 0.0556. The van der Waals surface area contributed by atoms with Crippen molar-refractivity contribution in [1.29, 1.82) is 0 Å². The summed E-state index contributed by atoms with van der Waals surface area (Å²) < 4.78 is 0.662. The van der Waals surface area contributed by atoms with Crippen molar-refractivity contribution < 1.29 is 24.3 Å². The van der Waals surface area contributed by atoms with Crippen LogP contribution in [0, 0.1) is 0 Å². The van der Waals surface area contributed by atoms with Crippen molar-refractivity contribution >= 4 is 94.0 Å². The highest BCUT2D eigenvalue weighted by atomic mass is 79.9. The Morgan fingerprint density at radius 2 is 0.862 bits per heavy atom. The Balaban J connectivity index is 1.35. The molecule has 9 rings (SSSR count). The number of carbonyl (C=O) groups excluding carboxylic acids is 4. The summed E-state index contributed by atoms with van der Waals surface area (Å²) in [5.74, 6) is -1.30. The predicted molar refractivity (Wildman–Crippen MR) is 238 cm³/mol. The van der Waals surface area contributed by atoms with Crippen molar-refractivity contribution in [2.24, 2.45) is 0 Å². The van der Waals surface area contributed by atoms with Crippen LogP contribution >= 0.6 is 15.9 Å². The molecular weight excluding hydrogens is 788 g/mol. The van der Waals surface area contributed by atoms with Gasteiger partial charge in [0.05, 0.1) is 16.9 Å². The lowest BCUT2D eigenvalue weighted by Gasteiger charge is -2.34. The Morgan fingerprint density at radius 3 is 1.28 bits per heavy atom. The van der Waals surface area contributed by atoms with Crippen LogP contribution in [0.15, 0.2) is 77.3 Å². The van der Waals surface area contributed by atoms with Gasteiger partial charge in [0.25, 0.3) is 23.6 Å². The van der Waals surface area contributed by atoms with E-state index in [1.807, 2.05) is 72.8 Å². The number of imide groups is 2. The number of benzene rings is 7. The van der Waals surface area contributed by atoms with Gasteiger partial charge >= 0.3 is 0 Å². The Bertz CT molecular complexity index is 2920. The molecule has 2 aliphatic heterocycles. The van der Waals surface area contributed by atoms with Gasteiger partial charge in [0.2, 0.25) is 0 Å². The molecule has 0 saturated heterocycles. The Labute approximate surface area is 346 Å². The van der Waals surface area contributed by atoms with E-state index in [2.05, 4.69) is 71.3 Å². The smallest absolute Gasteiger partial charge is 0.266 e. The van der Waals surface area contributed by atoms with E-state index in [9.17, 15) is 24.3 Å². The number of anilines is 2. The molecule has 7 aromatic rings. The van der Waals surface area contributed by atoms with Gasteiger partial charge in [0, 0.05) is 49.3 Å². The minimum Gasteiger partial charge on any atom is -0.396 e. The van der Waals surface area contributed by atoms with Crippen LogP contribution in [0.2, 0.25) is 0 Å². The zero-order valence-electron chi connectivity index (χ0n) is 34.0. The van der Waals surface area contributed by atoms with Crippen LogP contribution in [0.1, 0.15) is 148 Å². The Hall–Kier alpha value is -5.44. The van der Waals surface area contributed by atoms with Gasteiger partial charge in [-0.2, -0.15) is 0 Å². The van der Waals surface area contributed by atoms with Crippen molar-refractivity contribution in [2.75, 3.05) is 16.4 Å². The molecule has 1 N–H and O–H groups in total. The van der Waals surface area contributed by atoms with Gasteiger partial charge in [-0.15, -0.1) is 0 Å². The molecule has 0 unspecified atom stereocenters. The van der Waals surface area contributed by atoms with Gasteiger partial charge in [0.15, 0.2) is 0 Å². The molecule has 2 aliphatic rings. The van der Waals surface area contributed by atoms with Gasteiger partial charge in [-0.1, -0.05) is 120 Å². The molecule has 7 aromatic carbocycles. The van der Waals surface area contributed by atoms with Crippen LogP contribution < -0.4 is 9.80 Å². The van der Waals surface area contributed by atoms with Crippen LogP contribution in [0.3, 0.4) is 0 Å². The Morgan fingerprint density at radius 1 is 0.483 bits per heavy atom. The maximum absolute atomic E-state index is 15.0. The molecule has 0 saturated carbocycles. The molecular formula is C50H45BrN2O5. The van der Waals surface area contributed by atoms with Gasteiger partial charge in [-0.3, -0.25) is 19.2 Å². The van der Waals surface area contributed by atoms with Crippen molar-refractivity contribution in [2.45, 2.75) is 85.5 Å². The summed E-state index contributed by atoms with van der Waals surface area (Å²) >= 11 is 3.88. The van der Waals surface area contributed by atoms with E-state index in [0.29, 0.717) is 48.9 Å². The maximum Gasteiger partial charge on any atom is 0.266 e. The normalized spacial score (nSPS) is 14.5. The highest BCUT2D eigenvalue weighted by Gasteiger charge is 2.41. The summed E-state index contributed by atoms with van der Waals surface area (Å²) in [4.78, 5) is 62.4. The summed E-state index contributed by atoms with van der Waals surface area (Å²) in [6.07, 6.45) is 0.248. The molecule has 0 bridgehead atoms. The number of aliphatic hydroxyl groups excluding tert-OH is 1. The molecule has 58 heavy (non-hydrogen) atoms. The predicted octanol–water partition coefficient (Wildman–Crippen LogP) is 12.1. The number of halogens is 1. The van der Waals surface area contributed by atoms with Gasteiger partial charge < -0.3 is 5.11 Å². The lowest BCUT2D eigenvalue weighted by molar-refractivity contribution is 0.0877. The van der Waals surface area contributed by atoms with E-state index in [1.165, 1.54) is 9.80 Å². The van der Waals surface area contributed by atoms with E-state index in [4.69, 9.17) is 0 Å². The second kappa shape index (κ2) is 13.6. The minimum atomic E-state index is -0.399. The van der Waals surface area contributed by atoms with E-state index >= 15 is 0 Å². The number of para-hydroxylation sites is 2. The highest BCUT2D eigenvalue weighted by molar-refractivity contribution is 9.10. The van der Waals surface area contributed by atoms with Crippen molar-refractivity contribution in [3.63, 3.8) is 0 Å². The topological polar surface area (TPSA) is 95.0 Å². The number of aliphatic hydroxyl groups is 1. The average Bonchev–Trinajstić information content (AvgIpc) is 3.19. The van der Waals surface area contributed by atoms with Crippen LogP contribution in [0.4, 0.5) is 11.4 Å². The standard InChI is InChI=1S/C50H45BrN2O5/c1-23(2)28-11-9-12-29(24(3)4)45(28)52-47(55)34-18-16-33-42-38(51)22-37-41-35(48(56)53(50(37)58)46-30(25(5)6)13-10-14-31(46)26(7)8)17-15-32(44(41)42)39-27(19-20-54)21-36(49(52)57)40(34)43(33)39/h9-18,21-26,54H,19-20H2,1-8H3. The third-order valence-electron chi connectivity index (χ3n) is 12.4. The first-order valence-electron chi connectivity index (χ1n) is 20.3. The van der Waals surface area contributed by atoms with Gasteiger partial charge in [-0.25, -0.2) is 9.80 Å². The molecule has 7 nitrogen and oxygen atoms in total. The molecule has 0 aliphatic carbocycles. The maximum atomic E-state index is 15.0. The quantitative estimate of drug-likeness (QED) is 0.0935. The molecule has 0 radical (unpaired) electrons. The fourth-order valence-corrected chi connectivity index (χ4v) is 10.4. The average molecular weight is 834 g/mol. The molecule has 0 fully saturated rings. The number of hydrogen-bond donors (Lipinski definition) is 1. The SMILES string of the molecule is CC(C)c1cccc(C(C)C)c1N1C(=O)c2ccc3c4c(CCO)cc5c6c(ccc(c7c(Br)cc(c2c37)C1=O)c64)C(=O)N(c1c(C(C)C)cccc1C(C)C)C5=O. The molecule has 2 heterocycles. The molecule has 0 spiro atoms. The second-order valence-corrected chi connectivity index (χ2v) is 18.0.